The highest BCUT2D eigenvalue weighted by Crippen LogP contribution is 2.48. The number of benzene rings is 4. The minimum absolute atomic E-state index is 0.0400. The standard InChI is InChI=1S/C42H44N3O12P/c1-27-25-44(40(48)43-38(27)46)37-24-35(56-58(57-39(47)41(2,3)4)55-34-22-16-31(17-23-34)45(49)50)36(54-37)26-53-42(28-10-8-7-9-11-28,29-12-18-32(51-5)19-13-29)30-14-20-33(52-6)21-15-30/h7-23,25,35-37H,24,26H2,1-6H3,(H,43,46,48)/t35-,36+,37+,58?/m0/s1. The van der Waals surface area contributed by atoms with Gasteiger partial charge in [-0.3, -0.25) is 33.8 Å². The molecule has 15 nitrogen and oxygen atoms in total. The predicted molar refractivity (Wildman–Crippen MR) is 214 cm³/mol. The van der Waals surface area contributed by atoms with Crippen LogP contribution in [-0.2, 0) is 28.9 Å². The second kappa shape index (κ2) is 17.7. The van der Waals surface area contributed by atoms with E-state index in [1.807, 2.05) is 78.9 Å². The van der Waals surface area contributed by atoms with Gasteiger partial charge in [-0.1, -0.05) is 54.6 Å². The topological polar surface area (TPSA) is 180 Å². The molecule has 2 heterocycles. The molecule has 1 N–H and O–H groups in total. The van der Waals surface area contributed by atoms with Crippen LogP contribution in [0.15, 0.2) is 119 Å². The predicted octanol–water partition coefficient (Wildman–Crippen LogP) is 7.35. The summed E-state index contributed by atoms with van der Waals surface area (Å²) in [6.45, 7) is 6.45. The minimum atomic E-state index is -2.52. The van der Waals surface area contributed by atoms with Gasteiger partial charge in [-0.25, -0.2) is 4.79 Å². The van der Waals surface area contributed by atoms with E-state index in [9.17, 15) is 24.5 Å². The van der Waals surface area contributed by atoms with E-state index >= 15 is 0 Å². The zero-order chi connectivity index (χ0) is 41.6. The van der Waals surface area contributed by atoms with E-state index in [0.29, 0.717) is 11.5 Å². The van der Waals surface area contributed by atoms with E-state index in [2.05, 4.69) is 4.98 Å². The molecule has 1 saturated heterocycles. The quantitative estimate of drug-likeness (QED) is 0.0482. The van der Waals surface area contributed by atoms with Gasteiger partial charge < -0.3 is 28.0 Å². The van der Waals surface area contributed by atoms with Crippen LogP contribution in [0.3, 0.4) is 0 Å². The van der Waals surface area contributed by atoms with Crippen molar-refractivity contribution in [1.29, 1.82) is 0 Å². The average molecular weight is 814 g/mol. The van der Waals surface area contributed by atoms with Gasteiger partial charge in [0, 0.05) is 30.3 Å². The third kappa shape index (κ3) is 9.29. The number of hydrogen-bond donors (Lipinski definition) is 1. The van der Waals surface area contributed by atoms with Crippen LogP contribution in [0.4, 0.5) is 5.69 Å². The molecular formula is C42H44N3O12P. The first-order valence-corrected chi connectivity index (χ1v) is 19.4. The molecule has 0 amide bonds. The van der Waals surface area contributed by atoms with E-state index in [-0.39, 0.29) is 30.0 Å². The molecule has 1 aliphatic rings. The zero-order valence-corrected chi connectivity index (χ0v) is 33.7. The largest absolute Gasteiger partial charge is 0.497 e. The number of hydrogen-bond acceptors (Lipinski definition) is 12. The van der Waals surface area contributed by atoms with Crippen molar-refractivity contribution in [2.45, 2.75) is 58.2 Å². The number of non-ortho nitro benzene ring substituents is 1. The van der Waals surface area contributed by atoms with Gasteiger partial charge in [-0.05, 0) is 80.8 Å². The molecule has 1 aliphatic heterocycles. The number of ether oxygens (including phenoxy) is 4. The first-order valence-electron chi connectivity index (χ1n) is 18.3. The number of aromatic amines is 1. The van der Waals surface area contributed by atoms with Crippen LogP contribution in [0.2, 0.25) is 0 Å². The molecule has 16 heteroatoms. The summed E-state index contributed by atoms with van der Waals surface area (Å²) in [4.78, 5) is 51.9. The lowest BCUT2D eigenvalue weighted by molar-refractivity contribution is -0.384. The highest BCUT2D eigenvalue weighted by Gasteiger charge is 2.45. The Kier molecular flexibility index (Phi) is 12.8. The maximum atomic E-state index is 13.3. The molecule has 0 bridgehead atoms. The van der Waals surface area contributed by atoms with Crippen molar-refractivity contribution >= 4 is 20.3 Å². The minimum Gasteiger partial charge on any atom is -0.497 e. The fourth-order valence-corrected chi connectivity index (χ4v) is 7.57. The number of rotatable bonds is 15. The summed E-state index contributed by atoms with van der Waals surface area (Å²) >= 11 is 0. The van der Waals surface area contributed by atoms with Gasteiger partial charge in [0.05, 0.1) is 31.2 Å². The maximum absolute atomic E-state index is 13.3. The molecular weight excluding hydrogens is 769 g/mol. The molecule has 1 fully saturated rings. The summed E-state index contributed by atoms with van der Waals surface area (Å²) in [5.41, 5.74) is -1.02. The molecule has 0 saturated carbocycles. The number of nitrogens with one attached hydrogen (secondary N) is 1. The number of carbonyl (C=O) groups is 1. The van der Waals surface area contributed by atoms with Crippen LogP contribution in [0.25, 0.3) is 0 Å². The number of nitro benzene ring substituents is 1. The Hall–Kier alpha value is -5.86. The third-order valence-electron chi connectivity index (χ3n) is 9.49. The molecule has 58 heavy (non-hydrogen) atoms. The lowest BCUT2D eigenvalue weighted by Gasteiger charge is -2.37. The summed E-state index contributed by atoms with van der Waals surface area (Å²) in [5.74, 6) is 0.807. The molecule has 4 atom stereocenters. The number of methoxy groups -OCH3 is 2. The second-order valence-corrected chi connectivity index (χ2v) is 15.5. The number of nitrogens with zero attached hydrogens (tertiary/aromatic N) is 2. The number of aromatic nitrogens is 2. The van der Waals surface area contributed by atoms with Gasteiger partial charge in [-0.2, -0.15) is 0 Å². The van der Waals surface area contributed by atoms with Crippen molar-refractivity contribution in [3.05, 3.63) is 163 Å². The molecule has 5 aromatic rings. The Morgan fingerprint density at radius 1 is 0.862 bits per heavy atom. The van der Waals surface area contributed by atoms with Crippen molar-refractivity contribution < 1.29 is 42.2 Å². The van der Waals surface area contributed by atoms with E-state index in [1.165, 1.54) is 35.0 Å². The second-order valence-electron chi connectivity index (χ2n) is 14.5. The van der Waals surface area contributed by atoms with Crippen LogP contribution in [0.1, 0.15) is 55.7 Å². The van der Waals surface area contributed by atoms with Gasteiger partial charge in [-0.15, -0.1) is 0 Å². The van der Waals surface area contributed by atoms with Crippen molar-refractivity contribution in [3.63, 3.8) is 0 Å². The Bertz CT molecular complexity index is 2260. The van der Waals surface area contributed by atoms with Gasteiger partial charge in [0.15, 0.2) is 0 Å². The van der Waals surface area contributed by atoms with Gasteiger partial charge in [0.2, 0.25) is 0 Å². The van der Waals surface area contributed by atoms with E-state index in [1.54, 1.807) is 41.9 Å². The van der Waals surface area contributed by atoms with Gasteiger partial charge in [0.25, 0.3) is 11.2 Å². The lowest BCUT2D eigenvalue weighted by Crippen LogP contribution is -2.38. The average Bonchev–Trinajstić information content (AvgIpc) is 3.61. The van der Waals surface area contributed by atoms with Gasteiger partial charge >= 0.3 is 20.3 Å². The first kappa shape index (κ1) is 41.8. The van der Waals surface area contributed by atoms with Crippen LogP contribution in [0, 0.1) is 22.5 Å². The SMILES string of the molecule is COc1ccc(C(OC[C@H]2O[C@@H](n3cc(C)c(=O)[nH]c3=O)C[C@@H]2OP(OC(=O)C(C)(C)C)Oc2ccc([N+](=O)[O-])cc2)(c2ccccc2)c2ccc(OC)cc2)cc1. The van der Waals surface area contributed by atoms with Crippen molar-refractivity contribution in [3.8, 4) is 17.2 Å². The molecule has 1 aromatic heterocycles. The van der Waals surface area contributed by atoms with E-state index in [0.717, 1.165) is 16.7 Å². The Labute approximate surface area is 335 Å². The number of carbonyl (C=O) groups excluding carboxylic acids is 1. The van der Waals surface area contributed by atoms with Crippen LogP contribution in [0.5, 0.6) is 17.2 Å². The van der Waals surface area contributed by atoms with Crippen LogP contribution >= 0.6 is 8.60 Å². The van der Waals surface area contributed by atoms with Crippen molar-refractivity contribution in [2.24, 2.45) is 5.41 Å². The van der Waals surface area contributed by atoms with Crippen LogP contribution in [-0.4, -0.2) is 53.5 Å². The lowest BCUT2D eigenvalue weighted by atomic mass is 9.80. The summed E-state index contributed by atoms with van der Waals surface area (Å²) in [6.07, 6.45) is -1.36. The molecule has 0 radical (unpaired) electrons. The molecule has 304 valence electrons. The van der Waals surface area contributed by atoms with Gasteiger partial charge in [0.1, 0.15) is 41.3 Å². The Morgan fingerprint density at radius 2 is 1.41 bits per heavy atom. The molecule has 1 unspecified atom stereocenters. The first-order chi connectivity index (χ1) is 27.7. The summed E-state index contributed by atoms with van der Waals surface area (Å²) in [6, 6.07) is 29.9. The summed E-state index contributed by atoms with van der Waals surface area (Å²) < 4.78 is 44.3. The molecule has 6 rings (SSSR count). The Morgan fingerprint density at radius 3 is 1.95 bits per heavy atom. The highest BCUT2D eigenvalue weighted by atomic mass is 31.2. The fourth-order valence-electron chi connectivity index (χ4n) is 6.31. The van der Waals surface area contributed by atoms with E-state index < -0.39 is 60.2 Å². The third-order valence-corrected chi connectivity index (χ3v) is 10.6. The monoisotopic (exact) mass is 813 g/mol. The summed E-state index contributed by atoms with van der Waals surface area (Å²) in [5, 5.41) is 11.3. The highest BCUT2D eigenvalue weighted by molar-refractivity contribution is 7.42. The Balaban J connectivity index is 1.42. The molecule has 0 aliphatic carbocycles. The molecule has 0 spiro atoms. The normalized spacial score (nSPS) is 17.3. The number of aryl methyl sites for hydroxylation is 1. The fraction of sp³-hybridized carbons (Fsp3) is 0.310. The zero-order valence-electron chi connectivity index (χ0n) is 32.8. The number of nitro groups is 1. The van der Waals surface area contributed by atoms with Crippen molar-refractivity contribution in [2.75, 3.05) is 20.8 Å². The maximum Gasteiger partial charge on any atom is 0.465 e. The number of H-pyrrole nitrogens is 1. The van der Waals surface area contributed by atoms with Crippen LogP contribution < -0.4 is 25.2 Å². The molecule has 4 aromatic carbocycles. The van der Waals surface area contributed by atoms with E-state index in [4.69, 9.17) is 32.5 Å². The van der Waals surface area contributed by atoms with Crippen molar-refractivity contribution in [1.82, 2.24) is 9.55 Å². The summed E-state index contributed by atoms with van der Waals surface area (Å²) in [7, 11) is 0.650. The smallest absolute Gasteiger partial charge is 0.465 e.